The fraction of sp³-hybridized carbons (Fsp3) is 0.143. The van der Waals surface area contributed by atoms with Gasteiger partial charge in [-0.2, -0.15) is 0 Å². The van der Waals surface area contributed by atoms with Crippen molar-refractivity contribution in [3.63, 3.8) is 0 Å². The maximum atomic E-state index is 5.88. The smallest absolute Gasteiger partial charge is 0.127 e. The Labute approximate surface area is 101 Å². The van der Waals surface area contributed by atoms with Crippen molar-refractivity contribution in [2.24, 2.45) is 11.5 Å². The molecule has 2 aromatic carbocycles. The number of para-hydroxylation sites is 1. The summed E-state index contributed by atoms with van der Waals surface area (Å²) >= 11 is 0. The van der Waals surface area contributed by atoms with Gasteiger partial charge in [0.2, 0.25) is 0 Å². The predicted molar refractivity (Wildman–Crippen MR) is 68.9 cm³/mol. The summed E-state index contributed by atoms with van der Waals surface area (Å²) < 4.78 is 5.72. The fourth-order valence-corrected chi connectivity index (χ4v) is 1.57. The van der Waals surface area contributed by atoms with Gasteiger partial charge in [0.25, 0.3) is 0 Å². The summed E-state index contributed by atoms with van der Waals surface area (Å²) in [6, 6.07) is 17.2. The van der Waals surface area contributed by atoms with Crippen LogP contribution in [-0.4, -0.2) is 6.54 Å². The van der Waals surface area contributed by atoms with E-state index in [0.29, 0.717) is 6.54 Å². The molecular formula is C14H16N2O. The van der Waals surface area contributed by atoms with Gasteiger partial charge in [-0.15, -0.1) is 0 Å². The number of hydrogen-bond acceptors (Lipinski definition) is 3. The average Bonchev–Trinajstić information content (AvgIpc) is 2.39. The molecule has 3 heteroatoms. The minimum absolute atomic E-state index is 0.144. The molecule has 17 heavy (non-hydrogen) atoms. The van der Waals surface area contributed by atoms with Gasteiger partial charge in [-0.1, -0.05) is 30.3 Å². The normalized spacial score (nSPS) is 12.1. The van der Waals surface area contributed by atoms with Gasteiger partial charge in [-0.05, 0) is 29.8 Å². The Morgan fingerprint density at radius 2 is 1.65 bits per heavy atom. The zero-order valence-electron chi connectivity index (χ0n) is 9.54. The zero-order chi connectivity index (χ0) is 12.1. The second-order valence-electron chi connectivity index (χ2n) is 3.83. The van der Waals surface area contributed by atoms with Gasteiger partial charge in [-0.25, -0.2) is 0 Å². The second kappa shape index (κ2) is 5.48. The molecule has 0 heterocycles. The van der Waals surface area contributed by atoms with E-state index < -0.39 is 0 Å². The fourth-order valence-electron chi connectivity index (χ4n) is 1.57. The maximum absolute atomic E-state index is 5.88. The SMILES string of the molecule is NC[C@H](N)c1cccc(Oc2ccccc2)c1. The highest BCUT2D eigenvalue weighted by Crippen LogP contribution is 2.23. The first kappa shape index (κ1) is 11.6. The summed E-state index contributed by atoms with van der Waals surface area (Å²) in [7, 11) is 0. The largest absolute Gasteiger partial charge is 0.457 e. The number of nitrogens with two attached hydrogens (primary N) is 2. The minimum atomic E-state index is -0.144. The van der Waals surface area contributed by atoms with Crippen molar-refractivity contribution in [3.05, 3.63) is 60.2 Å². The Morgan fingerprint density at radius 3 is 2.35 bits per heavy atom. The lowest BCUT2D eigenvalue weighted by Crippen LogP contribution is -2.20. The van der Waals surface area contributed by atoms with Crippen LogP contribution in [0.5, 0.6) is 11.5 Å². The van der Waals surface area contributed by atoms with E-state index in [1.165, 1.54) is 0 Å². The molecule has 0 aliphatic heterocycles. The van der Waals surface area contributed by atoms with E-state index >= 15 is 0 Å². The van der Waals surface area contributed by atoms with Crippen molar-refractivity contribution in [2.75, 3.05) is 6.54 Å². The summed E-state index contributed by atoms with van der Waals surface area (Å²) in [6.07, 6.45) is 0. The third kappa shape index (κ3) is 3.06. The molecule has 0 aromatic heterocycles. The van der Waals surface area contributed by atoms with Gasteiger partial charge in [0.15, 0.2) is 0 Å². The Balaban J connectivity index is 2.17. The van der Waals surface area contributed by atoms with E-state index in [-0.39, 0.29) is 6.04 Å². The molecule has 0 radical (unpaired) electrons. The zero-order valence-corrected chi connectivity index (χ0v) is 9.54. The molecule has 2 rings (SSSR count). The second-order valence-corrected chi connectivity index (χ2v) is 3.83. The van der Waals surface area contributed by atoms with Crippen LogP contribution in [0.2, 0.25) is 0 Å². The molecule has 4 N–H and O–H groups in total. The molecule has 88 valence electrons. The van der Waals surface area contributed by atoms with Gasteiger partial charge in [0.1, 0.15) is 11.5 Å². The highest BCUT2D eigenvalue weighted by Gasteiger charge is 2.04. The Kier molecular flexibility index (Phi) is 3.75. The lowest BCUT2D eigenvalue weighted by molar-refractivity contribution is 0.481. The van der Waals surface area contributed by atoms with Crippen molar-refractivity contribution in [3.8, 4) is 11.5 Å². The van der Waals surface area contributed by atoms with E-state index in [4.69, 9.17) is 16.2 Å². The summed E-state index contributed by atoms with van der Waals surface area (Å²) in [4.78, 5) is 0. The van der Waals surface area contributed by atoms with Crippen molar-refractivity contribution in [1.82, 2.24) is 0 Å². The van der Waals surface area contributed by atoms with Crippen LogP contribution in [0.3, 0.4) is 0 Å². The van der Waals surface area contributed by atoms with Crippen LogP contribution < -0.4 is 16.2 Å². The van der Waals surface area contributed by atoms with E-state index in [2.05, 4.69) is 0 Å². The topological polar surface area (TPSA) is 61.3 Å². The third-order valence-corrected chi connectivity index (χ3v) is 2.52. The first-order chi connectivity index (χ1) is 8.29. The Hall–Kier alpha value is -1.84. The van der Waals surface area contributed by atoms with Crippen LogP contribution in [0.1, 0.15) is 11.6 Å². The van der Waals surface area contributed by atoms with E-state index in [0.717, 1.165) is 17.1 Å². The van der Waals surface area contributed by atoms with E-state index in [9.17, 15) is 0 Å². The number of ether oxygens (including phenoxy) is 1. The third-order valence-electron chi connectivity index (χ3n) is 2.52. The van der Waals surface area contributed by atoms with Gasteiger partial charge in [0.05, 0.1) is 0 Å². The van der Waals surface area contributed by atoms with E-state index in [1.54, 1.807) is 0 Å². The van der Waals surface area contributed by atoms with Crippen LogP contribution in [-0.2, 0) is 0 Å². The summed E-state index contributed by atoms with van der Waals surface area (Å²) in [6.45, 7) is 0.425. The van der Waals surface area contributed by atoms with Crippen molar-refractivity contribution in [1.29, 1.82) is 0 Å². The quantitative estimate of drug-likeness (QED) is 0.844. The van der Waals surface area contributed by atoms with Crippen LogP contribution in [0.4, 0.5) is 0 Å². The lowest BCUT2D eigenvalue weighted by Gasteiger charge is -2.11. The lowest BCUT2D eigenvalue weighted by atomic mass is 10.1. The summed E-state index contributed by atoms with van der Waals surface area (Å²) in [5, 5.41) is 0. The molecule has 2 aromatic rings. The van der Waals surface area contributed by atoms with Crippen molar-refractivity contribution in [2.45, 2.75) is 6.04 Å². The molecule has 0 bridgehead atoms. The Bertz CT molecular complexity index is 471. The standard InChI is InChI=1S/C14H16N2O/c15-10-14(16)11-5-4-8-13(9-11)17-12-6-2-1-3-7-12/h1-9,14H,10,15-16H2/t14-/m0/s1. The molecule has 3 nitrogen and oxygen atoms in total. The maximum Gasteiger partial charge on any atom is 0.127 e. The molecule has 0 fully saturated rings. The number of hydrogen-bond donors (Lipinski definition) is 2. The highest BCUT2D eigenvalue weighted by atomic mass is 16.5. The van der Waals surface area contributed by atoms with E-state index in [1.807, 2.05) is 54.6 Å². The molecule has 0 amide bonds. The number of rotatable bonds is 4. The molecule has 0 unspecified atom stereocenters. The predicted octanol–water partition coefficient (Wildman–Crippen LogP) is 2.44. The summed E-state index contributed by atoms with van der Waals surface area (Å²) in [5.74, 6) is 1.59. The molecule has 0 saturated carbocycles. The molecule has 1 atom stereocenters. The van der Waals surface area contributed by atoms with Gasteiger partial charge < -0.3 is 16.2 Å². The molecule has 0 aliphatic carbocycles. The minimum Gasteiger partial charge on any atom is -0.457 e. The molecular weight excluding hydrogens is 212 g/mol. The van der Waals surface area contributed by atoms with Crippen LogP contribution in [0, 0.1) is 0 Å². The van der Waals surface area contributed by atoms with Crippen LogP contribution >= 0.6 is 0 Å². The first-order valence-electron chi connectivity index (χ1n) is 5.58. The molecule has 0 saturated heterocycles. The van der Waals surface area contributed by atoms with Crippen LogP contribution in [0.25, 0.3) is 0 Å². The van der Waals surface area contributed by atoms with Crippen molar-refractivity contribution >= 4 is 0 Å². The Morgan fingerprint density at radius 1 is 0.941 bits per heavy atom. The molecule has 0 aliphatic rings. The molecule has 0 spiro atoms. The first-order valence-corrected chi connectivity index (χ1v) is 5.58. The summed E-state index contributed by atoms with van der Waals surface area (Å²) in [5.41, 5.74) is 12.4. The van der Waals surface area contributed by atoms with Gasteiger partial charge >= 0.3 is 0 Å². The monoisotopic (exact) mass is 228 g/mol. The van der Waals surface area contributed by atoms with Crippen LogP contribution in [0.15, 0.2) is 54.6 Å². The number of benzene rings is 2. The van der Waals surface area contributed by atoms with Crippen molar-refractivity contribution < 1.29 is 4.74 Å². The average molecular weight is 228 g/mol. The van der Waals surface area contributed by atoms with Gasteiger partial charge in [0, 0.05) is 12.6 Å². The highest BCUT2D eigenvalue weighted by molar-refractivity contribution is 5.35. The van der Waals surface area contributed by atoms with Gasteiger partial charge in [-0.3, -0.25) is 0 Å².